The van der Waals surface area contributed by atoms with Crippen LogP contribution in [-0.2, 0) is 36.3 Å². The number of nitrogens with one attached hydrogen (secondary N) is 2. The average Bonchev–Trinajstić information content (AvgIpc) is 3.73. The minimum absolute atomic E-state index is 0.0406. The number of hydrogen-bond acceptors (Lipinski definition) is 22. The Morgan fingerprint density at radius 3 is 1.75 bits per heavy atom. The van der Waals surface area contributed by atoms with E-state index in [0.29, 0.717) is 96.1 Å². The highest BCUT2D eigenvalue weighted by Gasteiger charge is 2.51. The number of anilines is 4. The smallest absolute Gasteiger partial charge is 0.246 e. The molecule has 3 amide bonds. The Kier molecular flexibility index (Phi) is 13.1. The molecule has 0 spiro atoms. The lowest BCUT2D eigenvalue weighted by Crippen LogP contribution is -2.42. The van der Waals surface area contributed by atoms with Crippen LogP contribution in [0.5, 0.6) is 17.6 Å². The number of methoxy groups -OCH3 is 3. The summed E-state index contributed by atoms with van der Waals surface area (Å²) in [6.45, 7) is 5.41. The highest BCUT2D eigenvalue weighted by Crippen LogP contribution is 2.47. The summed E-state index contributed by atoms with van der Waals surface area (Å²) in [6, 6.07) is 4.07. The van der Waals surface area contributed by atoms with Gasteiger partial charge in [-0.15, -0.1) is 11.3 Å². The number of nitrogens with zero attached hydrogens (tertiary/aromatic N) is 12. The zero-order valence-corrected chi connectivity index (χ0v) is 40.0. The molecular formula is C43H43N15O8S3. The third-order valence-corrected chi connectivity index (χ3v) is 14.9. The number of pyridine rings is 3. The van der Waals surface area contributed by atoms with Crippen LogP contribution >= 0.6 is 34.0 Å². The minimum Gasteiger partial charge on any atom is -0.479 e. The van der Waals surface area contributed by atoms with Crippen LogP contribution in [0.2, 0.25) is 0 Å². The number of nitrogens with two attached hydrogens (primary N) is 1. The topological polar surface area (TPSA) is 297 Å². The van der Waals surface area contributed by atoms with Crippen LogP contribution in [-0.4, -0.2) is 131 Å². The van der Waals surface area contributed by atoms with Crippen LogP contribution in [0.4, 0.5) is 21.6 Å². The van der Waals surface area contributed by atoms with Crippen LogP contribution < -0.4 is 40.4 Å². The molecule has 4 N–H and O–H groups in total. The van der Waals surface area contributed by atoms with Gasteiger partial charge in [0.05, 0.1) is 110 Å². The number of amides is 3. The summed E-state index contributed by atoms with van der Waals surface area (Å²) in [5.74, 6) is -1.03. The number of carbonyl (C=O) groups is 3. The molecule has 9 heterocycles. The second-order valence-corrected chi connectivity index (χ2v) is 18.9. The van der Waals surface area contributed by atoms with E-state index in [0.717, 1.165) is 50.8 Å². The summed E-state index contributed by atoms with van der Waals surface area (Å²) in [6.07, 6.45) is 9.15. The molecule has 3 aliphatic rings. The summed E-state index contributed by atoms with van der Waals surface area (Å²) in [7, 11) is 6.26. The molecule has 0 bridgehead atoms. The molecule has 69 heavy (non-hydrogen) atoms. The molecule has 1 aliphatic carbocycles. The van der Waals surface area contributed by atoms with E-state index in [1.165, 1.54) is 36.9 Å². The highest BCUT2D eigenvalue weighted by atomic mass is 32.1. The maximum absolute atomic E-state index is 13.5. The number of nitriles is 2. The minimum atomic E-state index is -2.08. The zero-order valence-electron chi connectivity index (χ0n) is 37.6. The molecule has 3 fully saturated rings. The number of hydrogen-bond donors (Lipinski definition) is 3. The van der Waals surface area contributed by atoms with Crippen molar-refractivity contribution < 1.29 is 38.1 Å². The van der Waals surface area contributed by atoms with Crippen molar-refractivity contribution in [3.8, 4) is 40.9 Å². The number of ether oxygens (including phenoxy) is 5. The van der Waals surface area contributed by atoms with E-state index < -0.39 is 29.1 Å². The molecule has 2 saturated heterocycles. The lowest BCUT2D eigenvalue weighted by atomic mass is 9.85. The van der Waals surface area contributed by atoms with E-state index in [9.17, 15) is 19.6 Å². The van der Waals surface area contributed by atoms with Crippen molar-refractivity contribution in [2.45, 2.75) is 24.7 Å². The summed E-state index contributed by atoms with van der Waals surface area (Å²) >= 11 is 3.68. The van der Waals surface area contributed by atoms with Gasteiger partial charge in [-0.25, -0.2) is 29.9 Å². The fourth-order valence-electron chi connectivity index (χ4n) is 7.76. The van der Waals surface area contributed by atoms with Gasteiger partial charge in [0.2, 0.25) is 35.4 Å². The van der Waals surface area contributed by atoms with Crippen molar-refractivity contribution in [3.05, 3.63) is 36.0 Å². The maximum atomic E-state index is 13.5. The van der Waals surface area contributed by atoms with Gasteiger partial charge in [-0.05, 0) is 12.8 Å². The summed E-state index contributed by atoms with van der Waals surface area (Å²) in [5.41, 5.74) is 7.50. The quantitative estimate of drug-likeness (QED) is 0.147. The van der Waals surface area contributed by atoms with E-state index in [4.69, 9.17) is 34.7 Å². The molecule has 0 aromatic carbocycles. The zero-order chi connectivity index (χ0) is 48.5. The van der Waals surface area contributed by atoms with E-state index >= 15 is 0 Å². The standard InChI is InChI=1S/C27H26N10O5S2.C16H17N5O3S/c1-36-12-14(9-32-36)15-10-30-22(40-2)18-20(15)43-25(34-18)27(13-28,24(29)39)8-17(38)33-26-35-19-21(44-26)16(11-31-23(19)41-3)37-4-6-42-7-5-37;1-23-13-11-12(10(8-18-13)21-4-6-24-7-5-21)25-15(19-11)20-14(22)16(9-17)2-3-16/h9-12H,4-8H2,1-3H3,(H2,29,39)(H,33,35,38);8H,2-7H2,1H3,(H,19,20,22). The van der Waals surface area contributed by atoms with Crippen molar-refractivity contribution in [2.75, 3.05) is 94.4 Å². The number of aromatic nitrogens is 8. The second kappa shape index (κ2) is 19.3. The fourth-order valence-corrected chi connectivity index (χ4v) is 11.0. The molecule has 2 aliphatic heterocycles. The van der Waals surface area contributed by atoms with E-state index in [2.05, 4.69) is 61.5 Å². The van der Waals surface area contributed by atoms with Crippen LogP contribution in [0.15, 0.2) is 31.0 Å². The molecular weight excluding hydrogens is 951 g/mol. The van der Waals surface area contributed by atoms with Gasteiger partial charge in [0, 0.05) is 56.7 Å². The first kappa shape index (κ1) is 46.7. The van der Waals surface area contributed by atoms with Crippen LogP contribution in [0, 0.1) is 28.1 Å². The molecule has 7 aromatic rings. The van der Waals surface area contributed by atoms with Gasteiger partial charge in [0.15, 0.2) is 15.7 Å². The van der Waals surface area contributed by atoms with Crippen molar-refractivity contribution in [1.29, 1.82) is 10.5 Å². The molecule has 1 atom stereocenters. The van der Waals surface area contributed by atoms with Crippen molar-refractivity contribution in [3.63, 3.8) is 0 Å². The van der Waals surface area contributed by atoms with Crippen molar-refractivity contribution >= 4 is 104 Å². The predicted octanol–water partition coefficient (Wildman–Crippen LogP) is 4.00. The van der Waals surface area contributed by atoms with Gasteiger partial charge >= 0.3 is 0 Å². The summed E-state index contributed by atoms with van der Waals surface area (Å²) in [4.78, 5) is 69.7. The van der Waals surface area contributed by atoms with E-state index in [1.807, 2.05) is 6.07 Å². The number of fused-ring (bicyclic) bond motifs is 3. The second-order valence-electron chi connectivity index (χ2n) is 15.9. The first-order valence-electron chi connectivity index (χ1n) is 21.3. The number of carbonyl (C=O) groups excluding carboxylic acids is 3. The van der Waals surface area contributed by atoms with Gasteiger partial charge in [-0.3, -0.25) is 19.1 Å². The Hall–Kier alpha value is -7.36. The predicted molar refractivity (Wildman–Crippen MR) is 256 cm³/mol. The number of aryl methyl sites for hydroxylation is 1. The van der Waals surface area contributed by atoms with Gasteiger partial charge in [-0.2, -0.15) is 15.6 Å². The molecule has 1 saturated carbocycles. The molecule has 23 nitrogen and oxygen atoms in total. The molecule has 10 rings (SSSR count). The number of primary amides is 1. The highest BCUT2D eigenvalue weighted by molar-refractivity contribution is 7.23. The SMILES string of the molecule is COc1ncc(-c2cnn(C)c2)c2sc(C(C#N)(CC(=O)Nc3nc4c(OC)ncc(N5CCOCC5)c4s3)C(N)=O)nc12.COc1ncc(N2CCOCC2)c2sc(NC(=O)C3(C#N)CC3)nc12. The first-order chi connectivity index (χ1) is 33.4. The van der Waals surface area contributed by atoms with Gasteiger partial charge < -0.3 is 49.9 Å². The Morgan fingerprint density at radius 2 is 1.29 bits per heavy atom. The van der Waals surface area contributed by atoms with Crippen LogP contribution in [0.1, 0.15) is 24.3 Å². The summed E-state index contributed by atoms with van der Waals surface area (Å²) in [5, 5.41) is 30.0. The third kappa shape index (κ3) is 8.95. The lowest BCUT2D eigenvalue weighted by molar-refractivity contribution is -0.126. The monoisotopic (exact) mass is 993 g/mol. The summed E-state index contributed by atoms with van der Waals surface area (Å²) < 4.78 is 30.9. The van der Waals surface area contributed by atoms with E-state index in [-0.39, 0.29) is 21.9 Å². The molecule has 7 aromatic heterocycles. The first-order valence-corrected chi connectivity index (χ1v) is 23.8. The van der Waals surface area contributed by atoms with Crippen molar-refractivity contribution in [1.82, 2.24) is 39.7 Å². The third-order valence-electron chi connectivity index (χ3n) is 11.7. The van der Waals surface area contributed by atoms with Crippen LogP contribution in [0.25, 0.3) is 41.8 Å². The molecule has 356 valence electrons. The Balaban J connectivity index is 0.000000200. The normalized spacial score (nSPS) is 16.1. The average molecular weight is 994 g/mol. The number of rotatable bonds is 13. The molecule has 26 heteroatoms. The van der Waals surface area contributed by atoms with E-state index in [1.54, 1.807) is 49.8 Å². The Labute approximate surface area is 404 Å². The number of morpholine rings is 2. The van der Waals surface area contributed by atoms with Crippen molar-refractivity contribution in [2.24, 2.45) is 18.2 Å². The Bertz CT molecular complexity index is 3200. The van der Waals surface area contributed by atoms with Gasteiger partial charge in [-0.1, -0.05) is 22.7 Å². The van der Waals surface area contributed by atoms with Gasteiger partial charge in [0.25, 0.3) is 0 Å². The number of thiazole rings is 3. The maximum Gasteiger partial charge on any atom is 0.246 e. The Morgan fingerprint density at radius 1 is 0.768 bits per heavy atom. The fraction of sp³-hybridized carbons (Fsp3) is 0.395. The largest absolute Gasteiger partial charge is 0.479 e. The van der Waals surface area contributed by atoms with Gasteiger partial charge in [0.1, 0.15) is 27.0 Å². The molecule has 1 unspecified atom stereocenters. The van der Waals surface area contributed by atoms with Crippen LogP contribution in [0.3, 0.4) is 0 Å². The molecule has 0 radical (unpaired) electrons. The lowest BCUT2D eigenvalue weighted by Gasteiger charge is -2.28.